The summed E-state index contributed by atoms with van der Waals surface area (Å²) in [5, 5.41) is 3.12. The van der Waals surface area contributed by atoms with Gasteiger partial charge in [0.05, 0.1) is 10.6 Å². The number of anilines is 1. The molecule has 0 atom stereocenters. The van der Waals surface area contributed by atoms with Gasteiger partial charge >= 0.3 is 0 Å². The molecule has 0 saturated heterocycles. The van der Waals surface area contributed by atoms with Crippen LogP contribution in [0.25, 0.3) is 22.6 Å². The van der Waals surface area contributed by atoms with E-state index >= 15 is 0 Å². The van der Waals surface area contributed by atoms with Crippen molar-refractivity contribution in [2.75, 3.05) is 5.32 Å². The van der Waals surface area contributed by atoms with Crippen molar-refractivity contribution in [3.8, 4) is 22.6 Å². The number of carbonyl (C=O) groups excluding carboxylic acids is 2. The zero-order chi connectivity index (χ0) is 18.0. The van der Waals surface area contributed by atoms with Crippen LogP contribution in [-0.4, -0.2) is 16.7 Å². The molecule has 0 spiro atoms. The molecule has 0 radical (unpaired) electrons. The molecule has 0 saturated carbocycles. The van der Waals surface area contributed by atoms with Crippen LogP contribution in [-0.2, 0) is 4.79 Å². The van der Waals surface area contributed by atoms with E-state index in [0.29, 0.717) is 39.1 Å². The third-order valence-corrected chi connectivity index (χ3v) is 3.91. The van der Waals surface area contributed by atoms with Crippen molar-refractivity contribution in [2.24, 2.45) is 0 Å². The van der Waals surface area contributed by atoms with Gasteiger partial charge < -0.3 is 9.73 Å². The third-order valence-electron chi connectivity index (χ3n) is 3.58. The molecule has 6 heteroatoms. The van der Waals surface area contributed by atoms with Crippen LogP contribution >= 0.6 is 11.6 Å². The fourth-order valence-corrected chi connectivity index (χ4v) is 2.69. The fourth-order valence-electron chi connectivity index (χ4n) is 2.47. The summed E-state index contributed by atoms with van der Waals surface area (Å²) in [5.74, 6) is 0.983. The highest BCUT2D eigenvalue weighted by molar-refractivity contribution is 6.33. The Hall–Kier alpha value is -2.92. The zero-order valence-electron chi connectivity index (χ0n) is 13.7. The summed E-state index contributed by atoms with van der Waals surface area (Å²) in [5.41, 5.74) is 1.79. The number of rotatable bonds is 4. The van der Waals surface area contributed by atoms with Gasteiger partial charge in [-0.1, -0.05) is 23.7 Å². The van der Waals surface area contributed by atoms with Crippen LogP contribution in [0, 0.1) is 0 Å². The number of furan rings is 1. The maximum absolute atomic E-state index is 12.0. The first kappa shape index (κ1) is 16.9. The van der Waals surface area contributed by atoms with Crippen LogP contribution in [0.5, 0.6) is 0 Å². The average Bonchev–Trinajstić information content (AvgIpc) is 3.00. The number of hydrogen-bond donors (Lipinski definition) is 1. The van der Waals surface area contributed by atoms with Crippen LogP contribution in [0.4, 0.5) is 5.82 Å². The van der Waals surface area contributed by atoms with Gasteiger partial charge in [-0.25, -0.2) is 4.98 Å². The summed E-state index contributed by atoms with van der Waals surface area (Å²) < 4.78 is 5.94. The number of carbonyl (C=O) groups is 2. The standard InChI is InChI=1S/C19H15ClN2O3/c1-11(23)15-10-17(13-7-8-21-18(9-13)22-12(2)24)25-19(15)14-5-3-4-6-16(14)20/h3-10H,1-2H3,(H,21,22,24). The smallest absolute Gasteiger partial charge is 0.222 e. The highest BCUT2D eigenvalue weighted by Gasteiger charge is 2.19. The predicted octanol–water partition coefficient (Wildman–Crippen LogP) is 4.82. The number of amides is 1. The van der Waals surface area contributed by atoms with E-state index in [4.69, 9.17) is 16.0 Å². The lowest BCUT2D eigenvalue weighted by Gasteiger charge is -2.04. The van der Waals surface area contributed by atoms with Crippen molar-refractivity contribution in [1.82, 2.24) is 4.98 Å². The lowest BCUT2D eigenvalue weighted by molar-refractivity contribution is -0.114. The van der Waals surface area contributed by atoms with Gasteiger partial charge in [0, 0.05) is 24.2 Å². The quantitative estimate of drug-likeness (QED) is 0.681. The number of pyridine rings is 1. The lowest BCUT2D eigenvalue weighted by atomic mass is 10.1. The molecule has 0 aliphatic carbocycles. The van der Waals surface area contributed by atoms with Gasteiger partial charge in [-0.05, 0) is 37.3 Å². The summed E-state index contributed by atoms with van der Waals surface area (Å²) in [6, 6.07) is 12.3. The molecule has 1 aromatic carbocycles. The van der Waals surface area contributed by atoms with E-state index < -0.39 is 0 Å². The fraction of sp³-hybridized carbons (Fsp3) is 0.105. The van der Waals surface area contributed by atoms with Crippen molar-refractivity contribution in [1.29, 1.82) is 0 Å². The number of aromatic nitrogens is 1. The molecule has 2 aromatic heterocycles. The molecule has 0 bridgehead atoms. The lowest BCUT2D eigenvalue weighted by Crippen LogP contribution is -2.07. The highest BCUT2D eigenvalue weighted by atomic mass is 35.5. The van der Waals surface area contributed by atoms with Crippen LogP contribution in [0.2, 0.25) is 5.02 Å². The normalized spacial score (nSPS) is 10.5. The van der Waals surface area contributed by atoms with Gasteiger partial charge in [0.2, 0.25) is 5.91 Å². The largest absolute Gasteiger partial charge is 0.455 e. The maximum atomic E-state index is 12.0. The Morgan fingerprint density at radius 2 is 1.88 bits per heavy atom. The van der Waals surface area contributed by atoms with E-state index in [1.807, 2.05) is 12.1 Å². The van der Waals surface area contributed by atoms with Gasteiger partial charge in [0.1, 0.15) is 17.3 Å². The first-order valence-electron chi connectivity index (χ1n) is 7.59. The molecule has 5 nitrogen and oxygen atoms in total. The highest BCUT2D eigenvalue weighted by Crippen LogP contribution is 2.36. The van der Waals surface area contributed by atoms with Crippen molar-refractivity contribution in [3.05, 3.63) is 59.2 Å². The number of hydrogen-bond acceptors (Lipinski definition) is 4. The van der Waals surface area contributed by atoms with E-state index in [1.54, 1.807) is 36.5 Å². The van der Waals surface area contributed by atoms with E-state index in [2.05, 4.69) is 10.3 Å². The number of benzene rings is 1. The molecule has 2 heterocycles. The minimum Gasteiger partial charge on any atom is -0.455 e. The molecular weight excluding hydrogens is 340 g/mol. The summed E-state index contributed by atoms with van der Waals surface area (Å²) in [6.45, 7) is 2.88. The molecule has 1 N–H and O–H groups in total. The van der Waals surface area contributed by atoms with Crippen molar-refractivity contribution < 1.29 is 14.0 Å². The van der Waals surface area contributed by atoms with E-state index in [0.717, 1.165) is 0 Å². The molecular formula is C19H15ClN2O3. The van der Waals surface area contributed by atoms with Crippen LogP contribution in [0.1, 0.15) is 24.2 Å². The Bertz CT molecular complexity index is 963. The van der Waals surface area contributed by atoms with Crippen LogP contribution in [0.3, 0.4) is 0 Å². The van der Waals surface area contributed by atoms with Crippen molar-refractivity contribution in [3.63, 3.8) is 0 Å². The Morgan fingerprint density at radius 3 is 2.56 bits per heavy atom. The summed E-state index contributed by atoms with van der Waals surface area (Å²) >= 11 is 6.24. The molecule has 1 amide bonds. The maximum Gasteiger partial charge on any atom is 0.222 e. The molecule has 0 aliphatic heterocycles. The minimum atomic E-state index is -0.217. The Balaban J connectivity index is 2.10. The summed E-state index contributed by atoms with van der Waals surface area (Å²) in [4.78, 5) is 27.3. The predicted molar refractivity (Wildman–Crippen MR) is 96.7 cm³/mol. The van der Waals surface area contributed by atoms with Crippen molar-refractivity contribution >= 4 is 29.1 Å². The van der Waals surface area contributed by atoms with Gasteiger partial charge in [-0.15, -0.1) is 0 Å². The number of halogens is 1. The van der Waals surface area contributed by atoms with Crippen LogP contribution in [0.15, 0.2) is 53.1 Å². The molecule has 0 aliphatic rings. The number of nitrogens with zero attached hydrogens (tertiary/aromatic N) is 1. The molecule has 25 heavy (non-hydrogen) atoms. The van der Waals surface area contributed by atoms with Crippen molar-refractivity contribution in [2.45, 2.75) is 13.8 Å². The molecule has 3 rings (SSSR count). The molecule has 126 valence electrons. The second-order valence-corrected chi connectivity index (χ2v) is 5.91. The first-order valence-corrected chi connectivity index (χ1v) is 7.97. The van der Waals surface area contributed by atoms with E-state index in [1.165, 1.54) is 13.8 Å². The topological polar surface area (TPSA) is 72.2 Å². The number of ketones is 1. The van der Waals surface area contributed by atoms with E-state index in [9.17, 15) is 9.59 Å². The Labute approximate surface area is 149 Å². The average molecular weight is 355 g/mol. The van der Waals surface area contributed by atoms with Crippen LogP contribution < -0.4 is 5.32 Å². The second-order valence-electron chi connectivity index (χ2n) is 5.50. The van der Waals surface area contributed by atoms with Gasteiger partial charge in [-0.3, -0.25) is 9.59 Å². The summed E-state index contributed by atoms with van der Waals surface area (Å²) in [6.07, 6.45) is 1.56. The Kier molecular flexibility index (Phi) is 4.67. The minimum absolute atomic E-state index is 0.124. The van der Waals surface area contributed by atoms with E-state index in [-0.39, 0.29) is 11.7 Å². The first-order chi connectivity index (χ1) is 12.0. The summed E-state index contributed by atoms with van der Waals surface area (Å²) in [7, 11) is 0. The zero-order valence-corrected chi connectivity index (χ0v) is 14.4. The third kappa shape index (κ3) is 3.61. The molecule has 0 unspecified atom stereocenters. The molecule has 0 fully saturated rings. The SMILES string of the molecule is CC(=O)Nc1cc(-c2cc(C(C)=O)c(-c3ccccc3Cl)o2)ccn1. The van der Waals surface area contributed by atoms with Gasteiger partial charge in [0.15, 0.2) is 5.78 Å². The van der Waals surface area contributed by atoms with Gasteiger partial charge in [-0.2, -0.15) is 0 Å². The molecule has 3 aromatic rings. The number of Topliss-reactive ketones (excluding diaryl/α,β-unsaturated/α-hetero) is 1. The number of nitrogens with one attached hydrogen (secondary N) is 1. The Morgan fingerprint density at radius 1 is 1.12 bits per heavy atom. The second kappa shape index (κ2) is 6.91. The monoisotopic (exact) mass is 354 g/mol. The van der Waals surface area contributed by atoms with Gasteiger partial charge in [0.25, 0.3) is 0 Å².